The molecule has 1 aliphatic carbocycles. The topological polar surface area (TPSA) is 68.8 Å². The molecule has 1 aliphatic rings. The molecule has 5 nitrogen and oxygen atoms in total. The highest BCUT2D eigenvalue weighted by Gasteiger charge is 2.21. The highest BCUT2D eigenvalue weighted by atomic mass is 15.1. The van der Waals surface area contributed by atoms with Gasteiger partial charge in [0.25, 0.3) is 0 Å². The molecule has 0 spiro atoms. The number of rotatable bonds is 5. The molecule has 0 amide bonds. The van der Waals surface area contributed by atoms with Gasteiger partial charge in [-0.15, -0.1) is 0 Å². The Balaban J connectivity index is 1.58. The van der Waals surface area contributed by atoms with E-state index in [-0.39, 0.29) is 0 Å². The number of aromatic nitrogens is 3. The maximum Gasteiger partial charge on any atom is 0.120 e. The summed E-state index contributed by atoms with van der Waals surface area (Å²) in [5.41, 5.74) is 13.8. The van der Waals surface area contributed by atoms with Crippen LogP contribution in [0.15, 0.2) is 60.7 Å². The van der Waals surface area contributed by atoms with Crippen molar-refractivity contribution in [3.63, 3.8) is 0 Å². The molecule has 2 heterocycles. The maximum atomic E-state index is 5.79. The third kappa shape index (κ3) is 3.40. The van der Waals surface area contributed by atoms with Crippen LogP contribution in [0.5, 0.6) is 0 Å². The van der Waals surface area contributed by atoms with E-state index in [0.29, 0.717) is 19.0 Å². The molecule has 0 fully saturated rings. The number of pyridine rings is 1. The molecule has 0 bridgehead atoms. The Kier molecular flexibility index (Phi) is 5.07. The summed E-state index contributed by atoms with van der Waals surface area (Å²) in [5, 5.41) is 3.43. The first-order valence-electron chi connectivity index (χ1n) is 10.7. The van der Waals surface area contributed by atoms with E-state index in [2.05, 4.69) is 64.5 Å². The van der Waals surface area contributed by atoms with Gasteiger partial charge >= 0.3 is 0 Å². The number of fused-ring (bicyclic) bond motifs is 2. The molecule has 5 heteroatoms. The molecule has 1 atom stereocenters. The average Bonchev–Trinajstić information content (AvgIpc) is 3.16. The van der Waals surface area contributed by atoms with Crippen LogP contribution in [-0.2, 0) is 19.4 Å². The van der Waals surface area contributed by atoms with E-state index in [1.54, 1.807) is 0 Å². The summed E-state index contributed by atoms with van der Waals surface area (Å²) in [7, 11) is 2.03. The van der Waals surface area contributed by atoms with Gasteiger partial charge in [-0.1, -0.05) is 30.3 Å². The van der Waals surface area contributed by atoms with Crippen molar-refractivity contribution in [1.82, 2.24) is 19.9 Å². The van der Waals surface area contributed by atoms with E-state index in [9.17, 15) is 0 Å². The Hall–Kier alpha value is -3.02. The zero-order valence-corrected chi connectivity index (χ0v) is 17.3. The van der Waals surface area contributed by atoms with Gasteiger partial charge in [0.15, 0.2) is 0 Å². The summed E-state index contributed by atoms with van der Waals surface area (Å²) < 4.78 is 2.24. The zero-order chi connectivity index (χ0) is 20.5. The number of imidazole rings is 1. The number of nitrogens with two attached hydrogens (primary N) is 1. The third-order valence-electron chi connectivity index (χ3n) is 6.09. The van der Waals surface area contributed by atoms with E-state index >= 15 is 0 Å². The lowest BCUT2D eigenvalue weighted by atomic mass is 9.91. The molecule has 2 aromatic carbocycles. The van der Waals surface area contributed by atoms with Crippen LogP contribution in [0.3, 0.4) is 0 Å². The molecule has 4 aromatic rings. The number of aryl methyl sites for hydroxylation is 1. The third-order valence-corrected chi connectivity index (χ3v) is 6.09. The minimum atomic E-state index is 0.344. The molecule has 0 saturated heterocycles. The molecule has 2 aromatic heterocycles. The minimum Gasteiger partial charge on any atom is -0.326 e. The smallest absolute Gasteiger partial charge is 0.120 e. The van der Waals surface area contributed by atoms with Gasteiger partial charge in [-0.2, -0.15) is 0 Å². The molecule has 152 valence electrons. The molecular formula is C25H27N5. The average molecular weight is 398 g/mol. The van der Waals surface area contributed by atoms with Gasteiger partial charge < -0.3 is 11.1 Å². The van der Waals surface area contributed by atoms with E-state index < -0.39 is 0 Å². The van der Waals surface area contributed by atoms with Crippen molar-refractivity contribution in [3.8, 4) is 5.69 Å². The zero-order valence-electron chi connectivity index (χ0n) is 17.3. The molecule has 30 heavy (non-hydrogen) atoms. The monoisotopic (exact) mass is 397 g/mol. The Morgan fingerprint density at radius 3 is 2.67 bits per heavy atom. The first-order chi connectivity index (χ1) is 14.8. The SMILES string of the molecule is CNC1CCCc2ccc(Cc3nc4ccccc4n3-c3ccc(CN)cc3)nc21. The second-order valence-corrected chi connectivity index (χ2v) is 7.98. The molecular weight excluding hydrogens is 370 g/mol. The van der Waals surface area contributed by atoms with E-state index in [4.69, 9.17) is 15.7 Å². The van der Waals surface area contributed by atoms with Crippen LogP contribution < -0.4 is 11.1 Å². The van der Waals surface area contributed by atoms with Crippen molar-refractivity contribution in [2.24, 2.45) is 5.73 Å². The predicted octanol–water partition coefficient (Wildman–Crippen LogP) is 4.07. The largest absolute Gasteiger partial charge is 0.326 e. The van der Waals surface area contributed by atoms with E-state index in [1.165, 1.54) is 17.7 Å². The standard InChI is InChI=1S/C25H27N5/c1-27-22-7-4-5-18-11-12-19(28-25(18)22)15-24-29-21-6-2-3-8-23(21)30(24)20-13-9-17(16-26)10-14-20/h2-3,6,8-14,22,27H,4-5,7,15-16,26H2,1H3. The van der Waals surface area contributed by atoms with Crippen LogP contribution in [0.4, 0.5) is 0 Å². The second-order valence-electron chi connectivity index (χ2n) is 7.98. The number of hydrogen-bond donors (Lipinski definition) is 2. The number of para-hydroxylation sites is 2. The van der Waals surface area contributed by atoms with Crippen molar-refractivity contribution in [2.75, 3.05) is 7.05 Å². The van der Waals surface area contributed by atoms with Crippen LogP contribution in [0, 0.1) is 0 Å². The van der Waals surface area contributed by atoms with Gasteiger partial charge in [0.1, 0.15) is 5.82 Å². The lowest BCUT2D eigenvalue weighted by molar-refractivity contribution is 0.481. The van der Waals surface area contributed by atoms with Crippen LogP contribution in [0.1, 0.15) is 47.2 Å². The molecule has 3 N–H and O–H groups in total. The Morgan fingerprint density at radius 1 is 1.03 bits per heavy atom. The van der Waals surface area contributed by atoms with E-state index in [0.717, 1.165) is 46.6 Å². The quantitative estimate of drug-likeness (QED) is 0.533. The summed E-state index contributed by atoms with van der Waals surface area (Å²) >= 11 is 0. The molecule has 1 unspecified atom stereocenters. The maximum absolute atomic E-state index is 5.79. The summed E-state index contributed by atoms with van der Waals surface area (Å²) in [6, 6.07) is 21.5. The summed E-state index contributed by atoms with van der Waals surface area (Å²) in [6.45, 7) is 0.545. The Bertz CT molecular complexity index is 1180. The Morgan fingerprint density at radius 2 is 1.87 bits per heavy atom. The second kappa shape index (κ2) is 8.01. The summed E-state index contributed by atoms with van der Waals surface area (Å²) in [5.74, 6) is 1.00. The van der Waals surface area contributed by atoms with Crippen LogP contribution in [0.25, 0.3) is 16.7 Å². The predicted molar refractivity (Wildman–Crippen MR) is 121 cm³/mol. The summed E-state index contributed by atoms with van der Waals surface area (Å²) in [4.78, 5) is 10.0. The van der Waals surface area contributed by atoms with Gasteiger partial charge in [-0.25, -0.2) is 4.98 Å². The first-order valence-corrected chi connectivity index (χ1v) is 10.7. The number of benzene rings is 2. The highest BCUT2D eigenvalue weighted by molar-refractivity contribution is 5.78. The number of nitrogens with zero attached hydrogens (tertiary/aromatic N) is 3. The van der Waals surface area contributed by atoms with Gasteiger partial charge in [0.05, 0.1) is 16.7 Å². The fraction of sp³-hybridized carbons (Fsp3) is 0.280. The minimum absolute atomic E-state index is 0.344. The van der Waals surface area contributed by atoms with Crippen LogP contribution in [-0.4, -0.2) is 21.6 Å². The fourth-order valence-corrected chi connectivity index (χ4v) is 4.50. The van der Waals surface area contributed by atoms with Crippen molar-refractivity contribution in [1.29, 1.82) is 0 Å². The first kappa shape index (κ1) is 19.0. The normalized spacial score (nSPS) is 16.0. The summed E-state index contributed by atoms with van der Waals surface area (Å²) in [6.07, 6.45) is 4.17. The van der Waals surface area contributed by atoms with Crippen molar-refractivity contribution in [3.05, 3.63) is 89.0 Å². The lowest BCUT2D eigenvalue weighted by Crippen LogP contribution is -2.23. The molecule has 0 aliphatic heterocycles. The van der Waals surface area contributed by atoms with Gasteiger partial charge in [-0.05, 0) is 67.8 Å². The molecule has 0 radical (unpaired) electrons. The van der Waals surface area contributed by atoms with E-state index in [1.807, 2.05) is 13.1 Å². The molecule has 5 rings (SSSR count). The van der Waals surface area contributed by atoms with Crippen molar-refractivity contribution >= 4 is 11.0 Å². The van der Waals surface area contributed by atoms with Crippen molar-refractivity contribution < 1.29 is 0 Å². The fourth-order valence-electron chi connectivity index (χ4n) is 4.50. The van der Waals surface area contributed by atoms with Crippen LogP contribution >= 0.6 is 0 Å². The Labute approximate surface area is 177 Å². The number of nitrogens with one attached hydrogen (secondary N) is 1. The van der Waals surface area contributed by atoms with Gasteiger partial charge in [0, 0.05) is 30.4 Å². The van der Waals surface area contributed by atoms with Gasteiger partial charge in [-0.3, -0.25) is 9.55 Å². The molecule has 0 saturated carbocycles. The van der Waals surface area contributed by atoms with Gasteiger partial charge in [0.2, 0.25) is 0 Å². The number of hydrogen-bond acceptors (Lipinski definition) is 4. The lowest BCUT2D eigenvalue weighted by Gasteiger charge is -2.24. The highest BCUT2D eigenvalue weighted by Crippen LogP contribution is 2.29. The van der Waals surface area contributed by atoms with Crippen LogP contribution in [0.2, 0.25) is 0 Å². The van der Waals surface area contributed by atoms with Crippen molar-refractivity contribution in [2.45, 2.75) is 38.3 Å².